The van der Waals surface area contributed by atoms with Crippen molar-refractivity contribution in [1.29, 1.82) is 0 Å². The summed E-state index contributed by atoms with van der Waals surface area (Å²) in [6.45, 7) is -1.05. The highest BCUT2D eigenvalue weighted by molar-refractivity contribution is 6.30. The van der Waals surface area contributed by atoms with Crippen molar-refractivity contribution in [1.82, 2.24) is 5.32 Å². The van der Waals surface area contributed by atoms with E-state index in [1.165, 1.54) is 37.4 Å². The third kappa shape index (κ3) is 3.45. The van der Waals surface area contributed by atoms with E-state index < -0.39 is 35.9 Å². The molecule has 0 saturated heterocycles. The van der Waals surface area contributed by atoms with E-state index in [1.54, 1.807) is 6.07 Å². The Morgan fingerprint density at radius 1 is 1.29 bits per heavy atom. The maximum atomic E-state index is 14.1. The Labute approximate surface area is 162 Å². The number of hydrogen-bond donors (Lipinski definition) is 2. The molecule has 148 valence electrons. The van der Waals surface area contributed by atoms with Crippen LogP contribution in [0.15, 0.2) is 42.5 Å². The number of benzene rings is 2. The number of para-hydroxylation sites is 1. The largest absolute Gasteiger partial charge is 0.496 e. The van der Waals surface area contributed by atoms with Gasteiger partial charge in [0.1, 0.15) is 5.75 Å². The van der Waals surface area contributed by atoms with Crippen LogP contribution in [0.25, 0.3) is 0 Å². The van der Waals surface area contributed by atoms with Gasteiger partial charge in [0.2, 0.25) is 0 Å². The minimum Gasteiger partial charge on any atom is -0.496 e. The minimum atomic E-state index is -5.03. The van der Waals surface area contributed by atoms with Crippen LogP contribution in [0.1, 0.15) is 15.9 Å². The smallest absolute Gasteiger partial charge is 0.434 e. The van der Waals surface area contributed by atoms with Crippen molar-refractivity contribution in [3.05, 3.63) is 58.6 Å². The summed E-state index contributed by atoms with van der Waals surface area (Å²) in [5.41, 5.74) is -3.58. The van der Waals surface area contributed by atoms with Crippen molar-refractivity contribution in [2.24, 2.45) is 0 Å². The molecule has 10 heteroatoms. The SMILES string of the molecule is COc1ccccc1C(=O)NCC1(C(F)(F)F)OC(=O)Nc2ccc(Cl)cc21. The van der Waals surface area contributed by atoms with E-state index in [9.17, 15) is 22.8 Å². The second-order valence-electron chi connectivity index (χ2n) is 5.91. The molecule has 2 N–H and O–H groups in total. The highest BCUT2D eigenvalue weighted by Gasteiger charge is 2.62. The summed E-state index contributed by atoms with van der Waals surface area (Å²) in [5.74, 6) is -0.633. The van der Waals surface area contributed by atoms with E-state index in [1.807, 2.05) is 0 Å². The normalized spacial score (nSPS) is 18.5. The molecule has 6 nitrogen and oxygen atoms in total. The molecule has 1 heterocycles. The van der Waals surface area contributed by atoms with Crippen molar-refractivity contribution < 1.29 is 32.2 Å². The first-order chi connectivity index (χ1) is 13.2. The number of carbonyl (C=O) groups excluding carboxylic acids is 2. The van der Waals surface area contributed by atoms with E-state index in [2.05, 4.69) is 15.4 Å². The van der Waals surface area contributed by atoms with Gasteiger partial charge in [0, 0.05) is 10.6 Å². The van der Waals surface area contributed by atoms with Gasteiger partial charge in [-0.2, -0.15) is 13.2 Å². The van der Waals surface area contributed by atoms with Crippen LogP contribution < -0.4 is 15.4 Å². The monoisotopic (exact) mass is 414 g/mol. The molecule has 2 amide bonds. The van der Waals surface area contributed by atoms with Crippen LogP contribution in [0.4, 0.5) is 23.7 Å². The second-order valence-corrected chi connectivity index (χ2v) is 6.35. The number of ether oxygens (including phenoxy) is 2. The first-order valence-corrected chi connectivity index (χ1v) is 8.34. The summed E-state index contributed by atoms with van der Waals surface area (Å²) < 4.78 is 51.9. The number of hydrogen-bond acceptors (Lipinski definition) is 4. The highest BCUT2D eigenvalue weighted by atomic mass is 35.5. The average molecular weight is 415 g/mol. The molecule has 3 rings (SSSR count). The summed E-state index contributed by atoms with van der Waals surface area (Å²) in [4.78, 5) is 24.2. The van der Waals surface area contributed by atoms with Crippen molar-refractivity contribution in [2.75, 3.05) is 19.0 Å². The van der Waals surface area contributed by atoms with Gasteiger partial charge in [-0.1, -0.05) is 23.7 Å². The molecular formula is C18H14ClF3N2O4. The molecular weight excluding hydrogens is 401 g/mol. The zero-order valence-electron chi connectivity index (χ0n) is 14.4. The van der Waals surface area contributed by atoms with E-state index in [0.29, 0.717) is 0 Å². The third-order valence-corrected chi connectivity index (χ3v) is 4.46. The van der Waals surface area contributed by atoms with E-state index in [-0.39, 0.29) is 22.0 Å². The Hall–Kier alpha value is -2.94. The number of amides is 2. The molecule has 0 radical (unpaired) electrons. The van der Waals surface area contributed by atoms with Crippen molar-refractivity contribution in [3.63, 3.8) is 0 Å². The number of halogens is 4. The van der Waals surface area contributed by atoms with Crippen LogP contribution in [0.2, 0.25) is 5.02 Å². The molecule has 0 fully saturated rings. The van der Waals surface area contributed by atoms with Crippen LogP contribution in [-0.2, 0) is 10.3 Å². The summed E-state index contributed by atoms with van der Waals surface area (Å²) in [6, 6.07) is 9.65. The molecule has 0 aliphatic carbocycles. The third-order valence-electron chi connectivity index (χ3n) is 4.23. The highest BCUT2D eigenvalue weighted by Crippen LogP contribution is 2.47. The molecule has 1 atom stereocenters. The van der Waals surface area contributed by atoms with Gasteiger partial charge in [0.15, 0.2) is 0 Å². The van der Waals surface area contributed by atoms with Crippen molar-refractivity contribution in [3.8, 4) is 5.75 Å². The fraction of sp³-hybridized carbons (Fsp3) is 0.222. The number of fused-ring (bicyclic) bond motifs is 1. The molecule has 0 bridgehead atoms. The Bertz CT molecular complexity index is 935. The lowest BCUT2D eigenvalue weighted by molar-refractivity contribution is -0.261. The van der Waals surface area contributed by atoms with Gasteiger partial charge in [-0.05, 0) is 30.3 Å². The predicted molar refractivity (Wildman–Crippen MR) is 94.6 cm³/mol. The van der Waals surface area contributed by atoms with E-state index >= 15 is 0 Å². The molecule has 0 aromatic heterocycles. The summed E-state index contributed by atoms with van der Waals surface area (Å²) in [6.07, 6.45) is -6.32. The topological polar surface area (TPSA) is 76.7 Å². The second kappa shape index (κ2) is 7.23. The summed E-state index contributed by atoms with van der Waals surface area (Å²) in [5, 5.41) is 4.40. The molecule has 0 saturated carbocycles. The maximum Gasteiger partial charge on any atom is 0.434 e. The molecule has 0 spiro atoms. The average Bonchev–Trinajstić information content (AvgIpc) is 2.65. The van der Waals surface area contributed by atoms with E-state index in [4.69, 9.17) is 16.3 Å². The van der Waals surface area contributed by atoms with Gasteiger partial charge in [0.25, 0.3) is 11.5 Å². The van der Waals surface area contributed by atoms with Gasteiger partial charge in [-0.25, -0.2) is 4.79 Å². The lowest BCUT2D eigenvalue weighted by Gasteiger charge is -2.39. The zero-order valence-corrected chi connectivity index (χ0v) is 15.1. The van der Waals surface area contributed by atoms with Gasteiger partial charge in [-0.3, -0.25) is 10.1 Å². The molecule has 1 aliphatic heterocycles. The maximum absolute atomic E-state index is 14.1. The lowest BCUT2D eigenvalue weighted by atomic mass is 9.89. The van der Waals surface area contributed by atoms with Crippen molar-refractivity contribution in [2.45, 2.75) is 11.8 Å². The van der Waals surface area contributed by atoms with Crippen molar-refractivity contribution >= 4 is 29.3 Å². The molecule has 1 unspecified atom stereocenters. The molecule has 1 aliphatic rings. The Morgan fingerprint density at radius 2 is 2.00 bits per heavy atom. The minimum absolute atomic E-state index is 0.0168. The predicted octanol–water partition coefficient (Wildman–Crippen LogP) is 4.10. The number of cyclic esters (lactones) is 1. The Morgan fingerprint density at radius 3 is 2.68 bits per heavy atom. The number of anilines is 1. The summed E-state index contributed by atoms with van der Waals surface area (Å²) >= 11 is 5.85. The summed E-state index contributed by atoms with van der Waals surface area (Å²) in [7, 11) is 1.33. The first-order valence-electron chi connectivity index (χ1n) is 7.96. The van der Waals surface area contributed by atoms with Gasteiger partial charge >= 0.3 is 12.3 Å². The fourth-order valence-electron chi connectivity index (χ4n) is 2.88. The number of rotatable bonds is 4. The molecule has 28 heavy (non-hydrogen) atoms. The Kier molecular flexibility index (Phi) is 5.12. The zero-order chi connectivity index (χ0) is 20.5. The van der Waals surface area contributed by atoms with Gasteiger partial charge in [0.05, 0.1) is 24.9 Å². The van der Waals surface area contributed by atoms with Crippen LogP contribution in [-0.4, -0.2) is 31.8 Å². The number of methoxy groups -OCH3 is 1. The van der Waals surface area contributed by atoms with Crippen LogP contribution in [0.5, 0.6) is 5.75 Å². The quantitative estimate of drug-likeness (QED) is 0.789. The molecule has 2 aromatic rings. The van der Waals surface area contributed by atoms with Crippen LogP contribution in [0, 0.1) is 0 Å². The van der Waals surface area contributed by atoms with E-state index in [0.717, 1.165) is 6.07 Å². The Balaban J connectivity index is 2.00. The fourth-order valence-corrected chi connectivity index (χ4v) is 3.05. The number of carbonyl (C=O) groups is 2. The number of alkyl halides is 3. The standard InChI is InChI=1S/C18H14ClF3N2O4/c1-27-14-5-3-2-4-11(14)15(25)23-9-17(18(20,21)22)12-8-10(19)6-7-13(12)24-16(26)28-17/h2-8H,9H2,1H3,(H,23,25)(H,24,26). The van der Waals surface area contributed by atoms with Crippen LogP contribution >= 0.6 is 11.6 Å². The lowest BCUT2D eigenvalue weighted by Crippen LogP contribution is -2.56. The van der Waals surface area contributed by atoms with Gasteiger partial charge < -0.3 is 14.8 Å². The van der Waals surface area contributed by atoms with Gasteiger partial charge in [-0.15, -0.1) is 0 Å². The number of nitrogens with one attached hydrogen (secondary N) is 2. The van der Waals surface area contributed by atoms with Crippen LogP contribution in [0.3, 0.4) is 0 Å². The first kappa shape index (κ1) is 19.8. The molecule has 2 aromatic carbocycles.